The lowest BCUT2D eigenvalue weighted by molar-refractivity contribution is -0.161. The Kier molecular flexibility index (Phi) is 47.3. The third-order valence-corrected chi connectivity index (χ3v) is 12.3. The number of carbonyl (C=O) groups excluding carboxylic acids is 2. The Bertz CT molecular complexity index is 1110. The monoisotopic (exact) mass is 896 g/mol. The predicted octanol–water partition coefficient (Wildman–Crippen LogP) is 15.7. The zero-order chi connectivity index (χ0) is 45.3. The summed E-state index contributed by atoms with van der Waals surface area (Å²) in [5.74, 6) is -0.824. The number of carbonyl (C=O) groups is 2. The van der Waals surface area contributed by atoms with Crippen LogP contribution in [0.4, 0.5) is 0 Å². The summed E-state index contributed by atoms with van der Waals surface area (Å²) in [6, 6.07) is 0. The van der Waals surface area contributed by atoms with Crippen LogP contribution in [0, 0.1) is 0 Å². The summed E-state index contributed by atoms with van der Waals surface area (Å²) in [4.78, 5) is 34.8. The SMILES string of the molecule is CCCCCCC/C=C\C/C=C\C/C=C\CCCCCCCCCCCCCCCCCCCCC(=O)OC(COC(=O)CCCCCCCCCC)COP(=O)(O)OCCN. The van der Waals surface area contributed by atoms with Gasteiger partial charge < -0.3 is 20.1 Å². The van der Waals surface area contributed by atoms with E-state index in [1.807, 2.05) is 0 Å². The normalized spacial score (nSPS) is 13.4. The number of ether oxygens (including phenoxy) is 2. The second-order valence-corrected chi connectivity index (χ2v) is 18.9. The van der Waals surface area contributed by atoms with Gasteiger partial charge >= 0.3 is 19.8 Å². The van der Waals surface area contributed by atoms with Crippen LogP contribution in [0.2, 0.25) is 0 Å². The standard InChI is InChI=1S/C52H98NO8P/c1-3-5-7-9-11-13-14-15-16-17-18-19-20-21-22-23-24-25-26-27-28-29-30-31-32-33-34-35-36-37-39-41-43-45-52(55)61-50(49-60-62(56,57)59-47-46-53)48-58-51(54)44-42-40-38-12-10-8-6-4-2/h14-15,17-18,20-21,50H,3-13,16,19,22-49,53H2,1-2H3,(H,56,57)/b15-14-,18-17-,21-20-. The Morgan fingerprint density at radius 1 is 0.484 bits per heavy atom. The van der Waals surface area contributed by atoms with Crippen molar-refractivity contribution in [3.8, 4) is 0 Å². The van der Waals surface area contributed by atoms with Crippen LogP contribution in [-0.4, -0.2) is 49.3 Å². The molecule has 10 heteroatoms. The maximum atomic E-state index is 12.6. The minimum absolute atomic E-state index is 0.0552. The van der Waals surface area contributed by atoms with Gasteiger partial charge in [-0.3, -0.25) is 18.6 Å². The Labute approximate surface area is 382 Å². The quantitative estimate of drug-likeness (QED) is 0.0265. The Hall–Kier alpha value is -1.77. The smallest absolute Gasteiger partial charge is 0.462 e. The highest BCUT2D eigenvalue weighted by Gasteiger charge is 2.26. The number of unbranched alkanes of at least 4 members (excludes halogenated alkanes) is 30. The second kappa shape index (κ2) is 48.7. The lowest BCUT2D eigenvalue weighted by Gasteiger charge is -2.19. The summed E-state index contributed by atoms with van der Waals surface area (Å²) in [6.07, 6.45) is 56.6. The van der Waals surface area contributed by atoms with Crippen LogP contribution in [0.15, 0.2) is 36.5 Å². The molecule has 0 saturated heterocycles. The largest absolute Gasteiger partial charge is 0.472 e. The minimum atomic E-state index is -4.37. The number of nitrogens with two attached hydrogens (primary N) is 1. The van der Waals surface area contributed by atoms with Crippen molar-refractivity contribution >= 4 is 19.8 Å². The van der Waals surface area contributed by atoms with Gasteiger partial charge in [-0.25, -0.2) is 4.57 Å². The van der Waals surface area contributed by atoms with Crippen LogP contribution >= 0.6 is 7.82 Å². The number of hydrogen-bond acceptors (Lipinski definition) is 8. The first kappa shape index (κ1) is 60.2. The average Bonchev–Trinajstić information content (AvgIpc) is 3.26. The Morgan fingerprint density at radius 3 is 1.24 bits per heavy atom. The average molecular weight is 896 g/mol. The molecule has 0 aliphatic carbocycles. The molecule has 0 aromatic rings. The predicted molar refractivity (Wildman–Crippen MR) is 261 cm³/mol. The molecule has 0 rings (SSSR count). The molecule has 2 unspecified atom stereocenters. The van der Waals surface area contributed by atoms with Crippen molar-refractivity contribution in [2.24, 2.45) is 5.73 Å². The van der Waals surface area contributed by atoms with E-state index in [1.54, 1.807) is 0 Å². The first-order valence-electron chi connectivity index (χ1n) is 26.0. The minimum Gasteiger partial charge on any atom is -0.462 e. The molecule has 0 heterocycles. The molecule has 62 heavy (non-hydrogen) atoms. The summed E-state index contributed by atoms with van der Waals surface area (Å²) in [6.45, 7) is 3.71. The van der Waals surface area contributed by atoms with Crippen molar-refractivity contribution in [1.82, 2.24) is 0 Å². The van der Waals surface area contributed by atoms with E-state index in [2.05, 4.69) is 50.3 Å². The van der Waals surface area contributed by atoms with Gasteiger partial charge in [-0.15, -0.1) is 0 Å². The van der Waals surface area contributed by atoms with E-state index in [1.165, 1.54) is 173 Å². The van der Waals surface area contributed by atoms with E-state index in [0.29, 0.717) is 6.42 Å². The molecular formula is C52H98NO8P. The van der Waals surface area contributed by atoms with Crippen molar-refractivity contribution in [2.45, 2.75) is 258 Å². The zero-order valence-electron chi connectivity index (χ0n) is 40.4. The fourth-order valence-electron chi connectivity index (χ4n) is 7.41. The topological polar surface area (TPSA) is 134 Å². The molecule has 0 saturated carbocycles. The highest BCUT2D eigenvalue weighted by molar-refractivity contribution is 7.47. The van der Waals surface area contributed by atoms with Crippen molar-refractivity contribution in [1.29, 1.82) is 0 Å². The van der Waals surface area contributed by atoms with E-state index >= 15 is 0 Å². The van der Waals surface area contributed by atoms with Gasteiger partial charge in [0.2, 0.25) is 0 Å². The maximum absolute atomic E-state index is 12.6. The zero-order valence-corrected chi connectivity index (χ0v) is 41.3. The molecule has 2 atom stereocenters. The van der Waals surface area contributed by atoms with Gasteiger partial charge in [-0.05, 0) is 51.4 Å². The van der Waals surface area contributed by atoms with Gasteiger partial charge in [0.15, 0.2) is 6.10 Å². The van der Waals surface area contributed by atoms with Gasteiger partial charge in [0.25, 0.3) is 0 Å². The van der Waals surface area contributed by atoms with Gasteiger partial charge in [-0.2, -0.15) is 0 Å². The van der Waals surface area contributed by atoms with Gasteiger partial charge in [0, 0.05) is 19.4 Å². The Morgan fingerprint density at radius 2 is 0.839 bits per heavy atom. The number of allylic oxidation sites excluding steroid dienone is 6. The third kappa shape index (κ3) is 47.7. The molecule has 364 valence electrons. The number of esters is 2. The molecule has 9 nitrogen and oxygen atoms in total. The van der Waals surface area contributed by atoms with Crippen LogP contribution in [0.1, 0.15) is 251 Å². The molecule has 0 spiro atoms. The highest BCUT2D eigenvalue weighted by atomic mass is 31.2. The number of hydrogen-bond donors (Lipinski definition) is 2. The summed E-state index contributed by atoms with van der Waals surface area (Å²) in [5, 5.41) is 0. The van der Waals surface area contributed by atoms with Gasteiger partial charge in [-0.1, -0.05) is 224 Å². The van der Waals surface area contributed by atoms with Crippen molar-refractivity contribution in [3.05, 3.63) is 36.5 Å². The Balaban J connectivity index is 3.79. The molecule has 0 fully saturated rings. The van der Waals surface area contributed by atoms with Crippen molar-refractivity contribution in [2.75, 3.05) is 26.4 Å². The van der Waals surface area contributed by atoms with E-state index in [9.17, 15) is 19.0 Å². The fraction of sp³-hybridized carbons (Fsp3) is 0.846. The summed E-state index contributed by atoms with van der Waals surface area (Å²) in [7, 11) is -4.37. The lowest BCUT2D eigenvalue weighted by atomic mass is 10.0. The highest BCUT2D eigenvalue weighted by Crippen LogP contribution is 2.43. The molecule has 0 radical (unpaired) electrons. The van der Waals surface area contributed by atoms with Gasteiger partial charge in [0.05, 0.1) is 13.2 Å². The second-order valence-electron chi connectivity index (χ2n) is 17.4. The van der Waals surface area contributed by atoms with Crippen LogP contribution in [0.5, 0.6) is 0 Å². The first-order valence-corrected chi connectivity index (χ1v) is 27.5. The number of phosphoric acid groups is 1. The van der Waals surface area contributed by atoms with E-state index in [-0.39, 0.29) is 38.6 Å². The van der Waals surface area contributed by atoms with E-state index in [0.717, 1.165) is 44.9 Å². The van der Waals surface area contributed by atoms with Crippen LogP contribution < -0.4 is 5.73 Å². The van der Waals surface area contributed by atoms with Crippen molar-refractivity contribution < 1.29 is 37.6 Å². The molecule has 0 aromatic heterocycles. The lowest BCUT2D eigenvalue weighted by Crippen LogP contribution is -2.29. The maximum Gasteiger partial charge on any atom is 0.472 e. The molecule has 0 amide bonds. The van der Waals surface area contributed by atoms with E-state index in [4.69, 9.17) is 24.3 Å². The van der Waals surface area contributed by atoms with Crippen LogP contribution in [0.25, 0.3) is 0 Å². The summed E-state index contributed by atoms with van der Waals surface area (Å²) < 4.78 is 32.8. The molecule has 0 aliphatic rings. The van der Waals surface area contributed by atoms with Gasteiger partial charge in [0.1, 0.15) is 6.61 Å². The molecular weight excluding hydrogens is 798 g/mol. The first-order chi connectivity index (χ1) is 30.3. The number of rotatable bonds is 49. The summed E-state index contributed by atoms with van der Waals surface area (Å²) in [5.41, 5.74) is 5.35. The fourth-order valence-corrected chi connectivity index (χ4v) is 8.17. The molecule has 0 aromatic carbocycles. The molecule has 0 aliphatic heterocycles. The van der Waals surface area contributed by atoms with Crippen LogP contribution in [0.3, 0.4) is 0 Å². The molecule has 0 bridgehead atoms. The molecule has 3 N–H and O–H groups in total. The van der Waals surface area contributed by atoms with E-state index < -0.39 is 26.5 Å². The number of phosphoric ester groups is 1. The third-order valence-electron chi connectivity index (χ3n) is 11.3. The van der Waals surface area contributed by atoms with Crippen molar-refractivity contribution in [3.63, 3.8) is 0 Å². The van der Waals surface area contributed by atoms with Crippen LogP contribution in [-0.2, 0) is 32.7 Å². The summed E-state index contributed by atoms with van der Waals surface area (Å²) >= 11 is 0.